The zero-order chi connectivity index (χ0) is 24.3. The third-order valence-electron chi connectivity index (χ3n) is 5.21. The van der Waals surface area contributed by atoms with Crippen LogP contribution in [0.15, 0.2) is 36.5 Å². The fraction of sp³-hybridized carbons (Fsp3) is 0.500. The van der Waals surface area contributed by atoms with Crippen LogP contribution in [0.5, 0.6) is 0 Å². The number of hydrogen-bond acceptors (Lipinski definition) is 7. The smallest absolute Gasteiger partial charge is 0.351 e. The maximum absolute atomic E-state index is 13.3. The predicted molar refractivity (Wildman–Crippen MR) is 119 cm³/mol. The molecule has 2 saturated heterocycles. The van der Waals surface area contributed by atoms with Crippen LogP contribution >= 0.6 is 0 Å². The lowest BCUT2D eigenvalue weighted by Gasteiger charge is -2.35. The minimum atomic E-state index is -1.55. The van der Waals surface area contributed by atoms with Gasteiger partial charge in [0.1, 0.15) is 5.60 Å². The summed E-state index contributed by atoms with van der Waals surface area (Å²) >= 11 is 0. The van der Waals surface area contributed by atoms with E-state index >= 15 is 0 Å². The van der Waals surface area contributed by atoms with Gasteiger partial charge in [-0.3, -0.25) is 14.4 Å². The van der Waals surface area contributed by atoms with Crippen molar-refractivity contribution in [2.24, 2.45) is 0 Å². The third-order valence-corrected chi connectivity index (χ3v) is 5.21. The van der Waals surface area contributed by atoms with Gasteiger partial charge in [-0.05, 0) is 51.8 Å². The summed E-state index contributed by atoms with van der Waals surface area (Å²) in [7, 11) is 0. The van der Waals surface area contributed by atoms with Crippen molar-refractivity contribution >= 4 is 29.4 Å². The molecule has 178 valence electrons. The Morgan fingerprint density at radius 2 is 1.94 bits per heavy atom. The number of benzene rings is 1. The second kappa shape index (κ2) is 9.74. The van der Waals surface area contributed by atoms with Gasteiger partial charge in [-0.1, -0.05) is 12.6 Å². The van der Waals surface area contributed by atoms with E-state index in [1.54, 1.807) is 49.9 Å². The van der Waals surface area contributed by atoms with Crippen molar-refractivity contribution in [1.29, 1.82) is 0 Å². The fourth-order valence-corrected chi connectivity index (χ4v) is 3.79. The average molecular weight is 459 g/mol. The minimum Gasteiger partial charge on any atom is -0.457 e. The van der Waals surface area contributed by atoms with Gasteiger partial charge in [0.05, 0.1) is 6.61 Å². The first-order chi connectivity index (χ1) is 15.5. The van der Waals surface area contributed by atoms with Gasteiger partial charge in [-0.15, -0.1) is 0 Å². The van der Waals surface area contributed by atoms with Crippen LogP contribution in [0.1, 0.15) is 50.9 Å². The number of carbonyl (C=O) groups excluding carboxylic acids is 4. The van der Waals surface area contributed by atoms with Gasteiger partial charge in [0.2, 0.25) is 6.10 Å². The quantitative estimate of drug-likeness (QED) is 0.625. The molecule has 1 aromatic rings. The van der Waals surface area contributed by atoms with Gasteiger partial charge in [0.15, 0.2) is 6.10 Å². The van der Waals surface area contributed by atoms with Gasteiger partial charge >= 0.3 is 11.9 Å². The Balaban J connectivity index is 1.84. The number of carbonyl (C=O) groups is 4. The number of nitrogens with zero attached hydrogens (tertiary/aromatic N) is 2. The number of ether oxygens (including phenoxy) is 3. The fourth-order valence-electron chi connectivity index (χ4n) is 3.79. The Bertz CT molecular complexity index is 966. The van der Waals surface area contributed by atoms with Crippen LogP contribution < -0.4 is 4.90 Å². The van der Waals surface area contributed by atoms with E-state index in [-0.39, 0.29) is 19.1 Å². The first kappa shape index (κ1) is 24.4. The summed E-state index contributed by atoms with van der Waals surface area (Å²) in [5, 5.41) is 0. The highest BCUT2D eigenvalue weighted by atomic mass is 16.6. The number of esters is 2. The standard InChI is InChI=1S/C24H30N2O7/c1-15-8-7-11-25(15)21(28)17-9-6-10-18(14-17)26-12-13-31-19(22(26)29)20(32-16(2)27)23(30)33-24(3,4)5/h6,9-10,14,19-20H,1,7-8,11-13H2,2-5H3. The number of rotatable bonds is 5. The van der Waals surface area contributed by atoms with Crippen molar-refractivity contribution in [3.8, 4) is 0 Å². The number of amides is 2. The van der Waals surface area contributed by atoms with Gasteiger partial charge in [0.25, 0.3) is 11.8 Å². The van der Waals surface area contributed by atoms with E-state index in [9.17, 15) is 19.2 Å². The van der Waals surface area contributed by atoms with Gasteiger partial charge in [-0.2, -0.15) is 0 Å². The molecule has 2 heterocycles. The molecule has 2 unspecified atom stereocenters. The van der Waals surface area contributed by atoms with Crippen LogP contribution in [0.25, 0.3) is 0 Å². The number of anilines is 1. The molecule has 0 spiro atoms. The molecule has 1 aromatic carbocycles. The van der Waals surface area contributed by atoms with E-state index < -0.39 is 35.7 Å². The molecule has 0 aliphatic carbocycles. The lowest BCUT2D eigenvalue weighted by Crippen LogP contribution is -2.56. The molecule has 0 N–H and O–H groups in total. The van der Waals surface area contributed by atoms with Crippen molar-refractivity contribution in [3.63, 3.8) is 0 Å². The van der Waals surface area contributed by atoms with Crippen LogP contribution in [0, 0.1) is 0 Å². The van der Waals surface area contributed by atoms with Crippen molar-refractivity contribution in [1.82, 2.24) is 4.90 Å². The van der Waals surface area contributed by atoms with E-state index in [0.29, 0.717) is 17.8 Å². The van der Waals surface area contributed by atoms with Crippen molar-refractivity contribution in [2.75, 3.05) is 24.6 Å². The van der Waals surface area contributed by atoms with Crippen molar-refractivity contribution in [3.05, 3.63) is 42.1 Å². The highest BCUT2D eigenvalue weighted by molar-refractivity contribution is 6.02. The zero-order valence-electron chi connectivity index (χ0n) is 19.5. The molecule has 2 atom stereocenters. The Morgan fingerprint density at radius 1 is 1.21 bits per heavy atom. The van der Waals surface area contributed by atoms with Crippen molar-refractivity contribution in [2.45, 2.75) is 58.3 Å². The molecule has 9 nitrogen and oxygen atoms in total. The molecule has 2 fully saturated rings. The average Bonchev–Trinajstić information content (AvgIpc) is 3.16. The highest BCUT2D eigenvalue weighted by Crippen LogP contribution is 2.26. The molecule has 2 amide bonds. The Labute approximate surface area is 193 Å². The van der Waals surface area contributed by atoms with Crippen LogP contribution in [0.4, 0.5) is 5.69 Å². The molecule has 0 bridgehead atoms. The monoisotopic (exact) mass is 458 g/mol. The second-order valence-electron chi connectivity index (χ2n) is 9.02. The van der Waals surface area contributed by atoms with Crippen LogP contribution in [-0.4, -0.2) is 66.2 Å². The predicted octanol–water partition coefficient (Wildman–Crippen LogP) is 2.44. The van der Waals surface area contributed by atoms with Gasteiger partial charge < -0.3 is 24.0 Å². The molecule has 3 rings (SSSR count). The molecule has 2 aliphatic heterocycles. The van der Waals surface area contributed by atoms with Crippen LogP contribution in [0.2, 0.25) is 0 Å². The molecule has 0 aromatic heterocycles. The molecular formula is C24H30N2O7. The molecule has 2 aliphatic rings. The molecule has 9 heteroatoms. The topological polar surface area (TPSA) is 102 Å². The highest BCUT2D eigenvalue weighted by Gasteiger charge is 2.44. The SMILES string of the molecule is C=C1CCCN1C(=O)c1cccc(N2CCOC(C(OC(C)=O)C(=O)OC(C)(C)C)C2=O)c1. The number of hydrogen-bond donors (Lipinski definition) is 0. The molecule has 0 saturated carbocycles. The molecule has 33 heavy (non-hydrogen) atoms. The second-order valence-corrected chi connectivity index (χ2v) is 9.02. The molecule has 0 radical (unpaired) electrons. The summed E-state index contributed by atoms with van der Waals surface area (Å²) in [4.78, 5) is 53.6. The summed E-state index contributed by atoms with van der Waals surface area (Å²) in [6.07, 6.45) is -1.27. The third kappa shape index (κ3) is 5.78. The largest absolute Gasteiger partial charge is 0.457 e. The van der Waals surface area contributed by atoms with Gasteiger partial charge in [-0.25, -0.2) is 4.79 Å². The first-order valence-corrected chi connectivity index (χ1v) is 10.9. The maximum Gasteiger partial charge on any atom is 0.351 e. The summed E-state index contributed by atoms with van der Waals surface area (Å²) in [6.45, 7) is 11.0. The molecular weight excluding hydrogens is 428 g/mol. The van der Waals surface area contributed by atoms with Crippen LogP contribution in [-0.2, 0) is 28.6 Å². The van der Waals surface area contributed by atoms with E-state index in [0.717, 1.165) is 25.5 Å². The zero-order valence-corrected chi connectivity index (χ0v) is 19.5. The lowest BCUT2D eigenvalue weighted by molar-refractivity contribution is -0.188. The Morgan fingerprint density at radius 3 is 2.55 bits per heavy atom. The summed E-state index contributed by atoms with van der Waals surface area (Å²) in [5.74, 6) is -2.34. The van der Waals surface area contributed by atoms with E-state index in [2.05, 4.69) is 6.58 Å². The van der Waals surface area contributed by atoms with Crippen molar-refractivity contribution < 1.29 is 33.4 Å². The van der Waals surface area contributed by atoms with Crippen LogP contribution in [0.3, 0.4) is 0 Å². The Kier molecular flexibility index (Phi) is 7.22. The summed E-state index contributed by atoms with van der Waals surface area (Å²) in [5.41, 5.74) is 0.834. The summed E-state index contributed by atoms with van der Waals surface area (Å²) < 4.78 is 16.0. The number of likely N-dealkylation sites (tertiary alicyclic amines) is 1. The normalized spacial score (nSPS) is 19.9. The maximum atomic E-state index is 13.3. The minimum absolute atomic E-state index is 0.109. The first-order valence-electron chi connectivity index (χ1n) is 10.9. The summed E-state index contributed by atoms with van der Waals surface area (Å²) in [6, 6.07) is 6.70. The van der Waals surface area contributed by atoms with E-state index in [1.165, 1.54) is 4.90 Å². The lowest BCUT2D eigenvalue weighted by atomic mass is 10.1. The number of allylic oxidation sites excluding steroid dienone is 1. The van der Waals surface area contributed by atoms with E-state index in [4.69, 9.17) is 14.2 Å². The van der Waals surface area contributed by atoms with Gasteiger partial charge in [0, 0.05) is 37.0 Å². The number of morpholine rings is 1. The Hall–Kier alpha value is -3.20. The van der Waals surface area contributed by atoms with E-state index in [1.807, 2.05) is 0 Å².